The molecule has 2 heterocycles. The molecule has 2 aromatic carbocycles. The molecule has 2 aromatic rings. The molecule has 4 rings (SSSR count). The van der Waals surface area contributed by atoms with Gasteiger partial charge in [0.1, 0.15) is 6.04 Å². The minimum Gasteiger partial charge on any atom is -0.329 e. The molecule has 1 saturated heterocycles. The summed E-state index contributed by atoms with van der Waals surface area (Å²) in [7, 11) is 0. The maximum atomic E-state index is 12.8. The van der Waals surface area contributed by atoms with Gasteiger partial charge in [-0.1, -0.05) is 54.6 Å². The molecule has 0 radical (unpaired) electrons. The molecule has 0 unspecified atom stereocenters. The second-order valence-corrected chi connectivity index (χ2v) is 7.07. The lowest BCUT2D eigenvalue weighted by Gasteiger charge is -2.50. The van der Waals surface area contributed by atoms with E-state index in [9.17, 15) is 14.4 Å². The van der Waals surface area contributed by atoms with Crippen molar-refractivity contribution in [1.82, 2.24) is 9.80 Å². The van der Waals surface area contributed by atoms with E-state index < -0.39 is 17.9 Å². The van der Waals surface area contributed by atoms with Crippen molar-refractivity contribution >= 4 is 23.8 Å². The summed E-state index contributed by atoms with van der Waals surface area (Å²) >= 11 is 0. The van der Waals surface area contributed by atoms with Gasteiger partial charge < -0.3 is 4.90 Å². The van der Waals surface area contributed by atoms with Crippen molar-refractivity contribution in [3.05, 3.63) is 77.4 Å². The Labute approximate surface area is 157 Å². The Bertz CT molecular complexity index is 914. The smallest absolute Gasteiger partial charge is 0.262 e. The number of imide groups is 1. The second kappa shape index (κ2) is 6.50. The molecule has 0 aliphatic carbocycles. The maximum Gasteiger partial charge on any atom is 0.262 e. The second-order valence-electron chi connectivity index (χ2n) is 7.07. The van der Waals surface area contributed by atoms with Gasteiger partial charge in [0.15, 0.2) is 0 Å². The van der Waals surface area contributed by atoms with Crippen LogP contribution >= 0.6 is 0 Å². The summed E-state index contributed by atoms with van der Waals surface area (Å²) in [6.07, 6.45) is 3.84. The zero-order chi connectivity index (χ0) is 19.1. The van der Waals surface area contributed by atoms with Gasteiger partial charge in [-0.25, -0.2) is 0 Å². The molecule has 5 heteroatoms. The van der Waals surface area contributed by atoms with Crippen LogP contribution in [0.15, 0.2) is 60.7 Å². The Morgan fingerprint density at radius 3 is 1.96 bits per heavy atom. The Morgan fingerprint density at radius 2 is 1.41 bits per heavy atom. The van der Waals surface area contributed by atoms with E-state index in [4.69, 9.17) is 0 Å². The zero-order valence-electron chi connectivity index (χ0n) is 15.2. The molecule has 0 saturated carbocycles. The summed E-state index contributed by atoms with van der Waals surface area (Å²) in [5.74, 6) is -0.979. The number of benzene rings is 2. The number of carbonyl (C=O) groups excluding carboxylic acids is 3. The fourth-order valence-corrected chi connectivity index (χ4v) is 3.81. The van der Waals surface area contributed by atoms with Crippen LogP contribution in [0.1, 0.15) is 40.1 Å². The molecule has 1 fully saturated rings. The Balaban J connectivity index is 1.67. The standard InChI is InChI=1S/C22H20N2O3/c1-14(2)23-18(13-12-15-8-4-3-5-9-15)19(22(23)27)24-20(25)16-10-6-7-11-17(16)21(24)26/h3-14,18-19H,1-2H3/b13-12+/t18-,19-/m1/s1. The van der Waals surface area contributed by atoms with E-state index >= 15 is 0 Å². The van der Waals surface area contributed by atoms with Gasteiger partial charge >= 0.3 is 0 Å². The summed E-state index contributed by atoms with van der Waals surface area (Å²) in [4.78, 5) is 41.2. The van der Waals surface area contributed by atoms with Crippen molar-refractivity contribution in [2.45, 2.75) is 32.0 Å². The molecule has 27 heavy (non-hydrogen) atoms. The van der Waals surface area contributed by atoms with E-state index in [1.807, 2.05) is 56.3 Å². The van der Waals surface area contributed by atoms with Gasteiger partial charge in [0.25, 0.3) is 11.8 Å². The third kappa shape index (κ3) is 2.67. The van der Waals surface area contributed by atoms with Crippen LogP contribution in [0.5, 0.6) is 0 Å². The number of nitrogens with zero attached hydrogens (tertiary/aromatic N) is 2. The van der Waals surface area contributed by atoms with Crippen molar-refractivity contribution in [2.24, 2.45) is 0 Å². The minimum absolute atomic E-state index is 0.0191. The topological polar surface area (TPSA) is 57.7 Å². The van der Waals surface area contributed by atoms with Crippen LogP contribution < -0.4 is 0 Å². The van der Waals surface area contributed by atoms with Crippen LogP contribution in [0.25, 0.3) is 6.08 Å². The third-order valence-electron chi connectivity index (χ3n) is 5.10. The van der Waals surface area contributed by atoms with Gasteiger partial charge in [-0.05, 0) is 31.5 Å². The minimum atomic E-state index is -0.792. The molecule has 0 bridgehead atoms. The summed E-state index contributed by atoms with van der Waals surface area (Å²) < 4.78 is 0. The van der Waals surface area contributed by atoms with Gasteiger partial charge in [0.05, 0.1) is 17.2 Å². The first-order valence-electron chi connectivity index (χ1n) is 9.03. The van der Waals surface area contributed by atoms with Crippen LogP contribution in [0, 0.1) is 0 Å². The molecule has 2 atom stereocenters. The number of β-lactam (4-membered cyclic amide) rings is 1. The number of hydrogen-bond donors (Lipinski definition) is 0. The molecule has 0 spiro atoms. The predicted molar refractivity (Wildman–Crippen MR) is 102 cm³/mol. The number of amides is 3. The van der Waals surface area contributed by atoms with Crippen molar-refractivity contribution in [1.29, 1.82) is 0 Å². The lowest BCUT2D eigenvalue weighted by atomic mass is 9.90. The van der Waals surface area contributed by atoms with E-state index in [1.165, 1.54) is 0 Å². The highest BCUT2D eigenvalue weighted by atomic mass is 16.2. The van der Waals surface area contributed by atoms with Gasteiger partial charge in [0.2, 0.25) is 5.91 Å². The number of likely N-dealkylation sites (tertiary alicyclic amines) is 1. The monoisotopic (exact) mass is 360 g/mol. The molecule has 136 valence electrons. The van der Waals surface area contributed by atoms with Gasteiger partial charge in [-0.15, -0.1) is 0 Å². The molecule has 2 aliphatic rings. The number of hydrogen-bond acceptors (Lipinski definition) is 3. The largest absolute Gasteiger partial charge is 0.329 e. The summed E-state index contributed by atoms with van der Waals surface area (Å²) in [5.41, 5.74) is 1.73. The van der Waals surface area contributed by atoms with Crippen LogP contribution in [0.3, 0.4) is 0 Å². The van der Waals surface area contributed by atoms with E-state index in [1.54, 1.807) is 29.2 Å². The maximum absolute atomic E-state index is 12.8. The highest BCUT2D eigenvalue weighted by Crippen LogP contribution is 2.34. The quantitative estimate of drug-likeness (QED) is 0.622. The number of rotatable bonds is 4. The SMILES string of the molecule is CC(C)N1C(=O)[C@H](N2C(=O)c3ccccc3C2=O)[C@H]1/C=C/c1ccccc1. The summed E-state index contributed by atoms with van der Waals surface area (Å²) in [6, 6.07) is 15.3. The average molecular weight is 360 g/mol. The molecule has 2 aliphatic heterocycles. The fourth-order valence-electron chi connectivity index (χ4n) is 3.81. The first-order valence-corrected chi connectivity index (χ1v) is 9.03. The van der Waals surface area contributed by atoms with Crippen LogP contribution in [0.2, 0.25) is 0 Å². The van der Waals surface area contributed by atoms with E-state index in [0.29, 0.717) is 11.1 Å². The first-order chi connectivity index (χ1) is 13.0. The normalized spacial score (nSPS) is 22.0. The van der Waals surface area contributed by atoms with E-state index in [0.717, 1.165) is 10.5 Å². The fraction of sp³-hybridized carbons (Fsp3) is 0.227. The van der Waals surface area contributed by atoms with Crippen LogP contribution in [-0.2, 0) is 4.79 Å². The molecular weight excluding hydrogens is 340 g/mol. The Morgan fingerprint density at radius 1 is 0.852 bits per heavy atom. The molecule has 0 aromatic heterocycles. The highest BCUT2D eigenvalue weighted by Gasteiger charge is 2.55. The molecule has 3 amide bonds. The lowest BCUT2D eigenvalue weighted by Crippen LogP contribution is -2.72. The van der Waals surface area contributed by atoms with Gasteiger partial charge in [-0.3, -0.25) is 19.3 Å². The van der Waals surface area contributed by atoms with Crippen molar-refractivity contribution in [2.75, 3.05) is 0 Å². The van der Waals surface area contributed by atoms with Crippen LogP contribution in [0.4, 0.5) is 0 Å². The van der Waals surface area contributed by atoms with Gasteiger partial charge in [-0.2, -0.15) is 0 Å². The summed E-state index contributed by atoms with van der Waals surface area (Å²) in [5, 5.41) is 0. The third-order valence-corrected chi connectivity index (χ3v) is 5.10. The Hall–Kier alpha value is -3.21. The summed E-state index contributed by atoms with van der Waals surface area (Å²) in [6.45, 7) is 3.86. The zero-order valence-corrected chi connectivity index (χ0v) is 15.2. The Kier molecular flexibility index (Phi) is 4.15. The van der Waals surface area contributed by atoms with Crippen molar-refractivity contribution < 1.29 is 14.4 Å². The molecular formula is C22H20N2O3. The number of carbonyl (C=O) groups is 3. The van der Waals surface area contributed by atoms with Crippen molar-refractivity contribution in [3.63, 3.8) is 0 Å². The van der Waals surface area contributed by atoms with Gasteiger partial charge in [0, 0.05) is 6.04 Å². The van der Waals surface area contributed by atoms with Crippen molar-refractivity contribution in [3.8, 4) is 0 Å². The van der Waals surface area contributed by atoms with Crippen LogP contribution in [-0.4, -0.2) is 45.6 Å². The van der Waals surface area contributed by atoms with E-state index in [-0.39, 0.29) is 18.0 Å². The lowest BCUT2D eigenvalue weighted by molar-refractivity contribution is -0.155. The predicted octanol–water partition coefficient (Wildman–Crippen LogP) is 2.98. The molecule has 5 nitrogen and oxygen atoms in total. The highest BCUT2D eigenvalue weighted by molar-refractivity contribution is 6.23. The van der Waals surface area contributed by atoms with E-state index in [2.05, 4.69) is 0 Å². The first kappa shape index (κ1) is 17.2. The molecule has 0 N–H and O–H groups in total. The average Bonchev–Trinajstić information content (AvgIpc) is 2.91. The number of fused-ring (bicyclic) bond motifs is 1.